The fraction of sp³-hybridized carbons (Fsp3) is 0.407. The minimum absolute atomic E-state index is 0.163. The summed E-state index contributed by atoms with van der Waals surface area (Å²) in [6.07, 6.45) is 2.65. The van der Waals surface area contributed by atoms with Crippen molar-refractivity contribution in [1.29, 1.82) is 0 Å². The van der Waals surface area contributed by atoms with E-state index in [-0.39, 0.29) is 21.7 Å². The van der Waals surface area contributed by atoms with Gasteiger partial charge in [-0.05, 0) is 82.0 Å². The Morgan fingerprint density at radius 3 is 2.43 bits per heavy atom. The maximum Gasteiger partial charge on any atom is 0.309 e. The molecule has 0 spiro atoms. The van der Waals surface area contributed by atoms with Gasteiger partial charge in [-0.1, -0.05) is 6.07 Å². The minimum Gasteiger partial charge on any atom is -0.494 e. The first-order valence-electron chi connectivity index (χ1n) is 12.1. The summed E-state index contributed by atoms with van der Waals surface area (Å²) in [5.41, 5.74) is 3.24. The van der Waals surface area contributed by atoms with Gasteiger partial charge >= 0.3 is 5.97 Å². The lowest BCUT2D eigenvalue weighted by Crippen LogP contribution is -2.37. The number of hydrogen-bond acceptors (Lipinski definition) is 7. The zero-order chi connectivity index (χ0) is 25.2. The standard InChI is InChI=1S/C27H32N2O5S/c1-5-33-21-8-10-24-23(16-21)26(29-13-11-20(12-14-29)27(30)34-6-2)25(17-28-24)35(31,32)22-9-7-18(3)19(4)15-22/h7-10,15-17,20H,5-6,11-14H2,1-4H3. The van der Waals surface area contributed by atoms with Crippen LogP contribution in [0, 0.1) is 19.8 Å². The lowest BCUT2D eigenvalue weighted by atomic mass is 9.96. The van der Waals surface area contributed by atoms with E-state index in [1.54, 1.807) is 19.1 Å². The van der Waals surface area contributed by atoms with Crippen molar-refractivity contribution in [2.24, 2.45) is 5.92 Å². The van der Waals surface area contributed by atoms with E-state index in [4.69, 9.17) is 9.47 Å². The molecular formula is C27H32N2O5S. The molecule has 7 nitrogen and oxygen atoms in total. The molecule has 4 rings (SSSR count). The Kier molecular flexibility index (Phi) is 7.31. The number of rotatable bonds is 7. The molecule has 0 radical (unpaired) electrons. The van der Waals surface area contributed by atoms with Gasteiger partial charge in [-0.3, -0.25) is 9.78 Å². The van der Waals surface area contributed by atoms with Crippen molar-refractivity contribution in [2.45, 2.75) is 50.3 Å². The summed E-state index contributed by atoms with van der Waals surface area (Å²) in [7, 11) is -3.85. The first kappa shape index (κ1) is 25.0. The number of pyridine rings is 1. The van der Waals surface area contributed by atoms with Crippen LogP contribution in [-0.4, -0.2) is 45.7 Å². The Hall–Kier alpha value is -3.13. The predicted octanol–water partition coefficient (Wildman–Crippen LogP) is 4.86. The first-order chi connectivity index (χ1) is 16.8. The predicted molar refractivity (Wildman–Crippen MR) is 136 cm³/mol. The quantitative estimate of drug-likeness (QED) is 0.432. The Labute approximate surface area is 207 Å². The highest BCUT2D eigenvalue weighted by molar-refractivity contribution is 7.91. The van der Waals surface area contributed by atoms with Gasteiger partial charge in [0.2, 0.25) is 9.84 Å². The minimum atomic E-state index is -3.85. The summed E-state index contributed by atoms with van der Waals surface area (Å²) >= 11 is 0. The van der Waals surface area contributed by atoms with Crippen LogP contribution in [0.5, 0.6) is 5.75 Å². The molecule has 8 heteroatoms. The highest BCUT2D eigenvalue weighted by Crippen LogP contribution is 2.39. The molecule has 0 amide bonds. The van der Waals surface area contributed by atoms with E-state index in [0.717, 1.165) is 16.5 Å². The van der Waals surface area contributed by atoms with Crippen LogP contribution in [-0.2, 0) is 19.4 Å². The van der Waals surface area contributed by atoms with E-state index >= 15 is 0 Å². The highest BCUT2D eigenvalue weighted by atomic mass is 32.2. The number of esters is 1. The molecule has 1 saturated heterocycles. The smallest absolute Gasteiger partial charge is 0.309 e. The maximum atomic E-state index is 13.9. The largest absolute Gasteiger partial charge is 0.494 e. The molecule has 0 saturated carbocycles. The second-order valence-electron chi connectivity index (χ2n) is 8.85. The van der Waals surface area contributed by atoms with Crippen molar-refractivity contribution in [3.05, 3.63) is 53.7 Å². The van der Waals surface area contributed by atoms with Crippen LogP contribution in [0.25, 0.3) is 10.9 Å². The van der Waals surface area contributed by atoms with Gasteiger partial charge in [-0.2, -0.15) is 0 Å². The number of carbonyl (C=O) groups is 1. The molecular weight excluding hydrogens is 464 g/mol. The molecule has 0 atom stereocenters. The van der Waals surface area contributed by atoms with Gasteiger partial charge < -0.3 is 14.4 Å². The van der Waals surface area contributed by atoms with E-state index in [2.05, 4.69) is 9.88 Å². The van der Waals surface area contributed by atoms with Gasteiger partial charge in [0.05, 0.1) is 35.2 Å². The average molecular weight is 497 g/mol. The molecule has 0 aliphatic carbocycles. The molecule has 0 N–H and O–H groups in total. The second kappa shape index (κ2) is 10.2. The monoisotopic (exact) mass is 496 g/mol. The van der Waals surface area contributed by atoms with Crippen molar-refractivity contribution in [2.75, 3.05) is 31.2 Å². The zero-order valence-electron chi connectivity index (χ0n) is 20.7. The average Bonchev–Trinajstić information content (AvgIpc) is 2.85. The number of piperidine rings is 1. The van der Waals surface area contributed by atoms with Gasteiger partial charge in [0.15, 0.2) is 0 Å². The highest BCUT2D eigenvalue weighted by Gasteiger charge is 2.32. The van der Waals surface area contributed by atoms with Gasteiger partial charge in [-0.15, -0.1) is 0 Å². The SMILES string of the molecule is CCOC(=O)C1CCN(c2c(S(=O)(=O)c3ccc(C)c(C)c3)cnc3ccc(OCC)cc23)CC1. The number of fused-ring (bicyclic) bond motifs is 1. The van der Waals surface area contributed by atoms with E-state index in [0.29, 0.717) is 56.1 Å². The molecule has 0 unspecified atom stereocenters. The van der Waals surface area contributed by atoms with Crippen molar-refractivity contribution in [3.63, 3.8) is 0 Å². The molecule has 35 heavy (non-hydrogen) atoms. The third-order valence-electron chi connectivity index (χ3n) is 6.60. The summed E-state index contributed by atoms with van der Waals surface area (Å²) in [5.74, 6) is 0.289. The number of aromatic nitrogens is 1. The molecule has 1 fully saturated rings. The summed E-state index contributed by atoms with van der Waals surface area (Å²) in [4.78, 5) is 19.2. The maximum absolute atomic E-state index is 13.9. The van der Waals surface area contributed by atoms with Crippen molar-refractivity contribution >= 4 is 32.4 Å². The molecule has 1 aliphatic rings. The van der Waals surface area contributed by atoms with E-state index in [1.807, 2.05) is 45.0 Å². The van der Waals surface area contributed by atoms with Crippen LogP contribution in [0.1, 0.15) is 37.8 Å². The van der Waals surface area contributed by atoms with Crippen LogP contribution in [0.3, 0.4) is 0 Å². The molecule has 1 aliphatic heterocycles. The molecule has 1 aromatic heterocycles. The molecule has 186 valence electrons. The van der Waals surface area contributed by atoms with Crippen LogP contribution < -0.4 is 9.64 Å². The Balaban J connectivity index is 1.84. The topological polar surface area (TPSA) is 85.8 Å². The summed E-state index contributed by atoms with van der Waals surface area (Å²) in [6.45, 7) is 9.50. The summed E-state index contributed by atoms with van der Waals surface area (Å²) in [5, 5.41) is 0.718. The van der Waals surface area contributed by atoms with Gasteiger partial charge in [0.25, 0.3) is 0 Å². The number of carbonyl (C=O) groups excluding carboxylic acids is 1. The number of nitrogens with zero attached hydrogens (tertiary/aromatic N) is 2. The normalized spacial score (nSPS) is 14.8. The van der Waals surface area contributed by atoms with Crippen LogP contribution in [0.4, 0.5) is 5.69 Å². The molecule has 0 bridgehead atoms. The number of anilines is 1. The fourth-order valence-corrected chi connectivity index (χ4v) is 6.04. The van der Waals surface area contributed by atoms with Gasteiger partial charge in [-0.25, -0.2) is 8.42 Å². The van der Waals surface area contributed by atoms with Crippen LogP contribution in [0.15, 0.2) is 52.4 Å². The van der Waals surface area contributed by atoms with E-state index < -0.39 is 9.84 Å². The summed E-state index contributed by atoms with van der Waals surface area (Å²) < 4.78 is 38.7. The number of aryl methyl sites for hydroxylation is 2. The number of benzene rings is 2. The second-order valence-corrected chi connectivity index (χ2v) is 10.8. The molecule has 2 aromatic carbocycles. The molecule has 3 aromatic rings. The third kappa shape index (κ3) is 4.98. The zero-order valence-corrected chi connectivity index (χ0v) is 21.5. The van der Waals surface area contributed by atoms with Gasteiger partial charge in [0.1, 0.15) is 10.6 Å². The summed E-state index contributed by atoms with van der Waals surface area (Å²) in [6, 6.07) is 10.7. The van der Waals surface area contributed by atoms with Crippen molar-refractivity contribution in [1.82, 2.24) is 4.98 Å². The number of sulfone groups is 1. The molecule has 2 heterocycles. The Morgan fingerprint density at radius 2 is 1.77 bits per heavy atom. The Bertz CT molecular complexity index is 1350. The van der Waals surface area contributed by atoms with E-state index in [9.17, 15) is 13.2 Å². The Morgan fingerprint density at radius 1 is 1.03 bits per heavy atom. The van der Waals surface area contributed by atoms with Crippen LogP contribution in [0.2, 0.25) is 0 Å². The number of hydrogen-bond donors (Lipinski definition) is 0. The van der Waals surface area contributed by atoms with Gasteiger partial charge in [0, 0.05) is 24.7 Å². The lowest BCUT2D eigenvalue weighted by Gasteiger charge is -2.34. The first-order valence-corrected chi connectivity index (χ1v) is 13.5. The number of ether oxygens (including phenoxy) is 2. The van der Waals surface area contributed by atoms with Crippen LogP contribution >= 0.6 is 0 Å². The fourth-order valence-electron chi connectivity index (χ4n) is 4.53. The van der Waals surface area contributed by atoms with Crippen molar-refractivity contribution in [3.8, 4) is 5.75 Å². The lowest BCUT2D eigenvalue weighted by molar-refractivity contribution is -0.148. The van der Waals surface area contributed by atoms with Crippen molar-refractivity contribution < 1.29 is 22.7 Å². The third-order valence-corrected chi connectivity index (χ3v) is 8.35. The van der Waals surface area contributed by atoms with E-state index in [1.165, 1.54) is 6.20 Å².